The Labute approximate surface area is 159 Å². The van der Waals surface area contributed by atoms with Gasteiger partial charge >= 0.3 is 0 Å². The molecule has 1 saturated heterocycles. The highest BCUT2D eigenvalue weighted by Crippen LogP contribution is 2.31. The predicted octanol–water partition coefficient (Wildman–Crippen LogP) is 3.46. The summed E-state index contributed by atoms with van der Waals surface area (Å²) >= 11 is 0. The first-order chi connectivity index (χ1) is 13.3. The molecule has 3 heterocycles. The average molecular weight is 363 g/mol. The van der Waals surface area contributed by atoms with Crippen molar-refractivity contribution in [2.24, 2.45) is 0 Å². The van der Waals surface area contributed by atoms with E-state index in [9.17, 15) is 0 Å². The van der Waals surface area contributed by atoms with E-state index in [1.54, 1.807) is 19.8 Å². The van der Waals surface area contributed by atoms with E-state index in [-0.39, 0.29) is 0 Å². The van der Waals surface area contributed by atoms with E-state index in [4.69, 9.17) is 4.74 Å². The van der Waals surface area contributed by atoms with Crippen molar-refractivity contribution in [2.45, 2.75) is 38.4 Å². The summed E-state index contributed by atoms with van der Waals surface area (Å²) in [5.41, 5.74) is 3.58. The topological polar surface area (TPSA) is 56.1 Å². The van der Waals surface area contributed by atoms with E-state index in [0.717, 1.165) is 24.4 Å². The molecule has 1 aliphatic rings. The average Bonchev–Trinajstić information content (AvgIpc) is 3.22. The molecular formula is C21H25N5O. The number of pyridine rings is 1. The second kappa shape index (κ2) is 8.31. The molecule has 6 heteroatoms. The van der Waals surface area contributed by atoms with Crippen molar-refractivity contribution in [1.29, 1.82) is 0 Å². The third-order valence-electron chi connectivity index (χ3n) is 5.17. The molecule has 0 radical (unpaired) electrons. The van der Waals surface area contributed by atoms with Gasteiger partial charge in [-0.05, 0) is 49.2 Å². The molecule has 1 aromatic carbocycles. The summed E-state index contributed by atoms with van der Waals surface area (Å²) < 4.78 is 7.36. The lowest BCUT2D eigenvalue weighted by Gasteiger charge is -2.35. The third-order valence-corrected chi connectivity index (χ3v) is 5.17. The quantitative estimate of drug-likeness (QED) is 0.671. The molecule has 6 nitrogen and oxygen atoms in total. The van der Waals surface area contributed by atoms with Gasteiger partial charge < -0.3 is 4.74 Å². The number of hydrogen-bond acceptors (Lipinski definition) is 5. The molecule has 1 fully saturated rings. The second-order valence-electron chi connectivity index (χ2n) is 6.98. The Bertz CT molecular complexity index is 850. The highest BCUT2D eigenvalue weighted by molar-refractivity contribution is 5.37. The molecular weight excluding hydrogens is 338 g/mol. The Balaban J connectivity index is 1.55. The van der Waals surface area contributed by atoms with Crippen LogP contribution in [0, 0.1) is 0 Å². The molecule has 0 amide bonds. The number of hydrogen-bond donors (Lipinski definition) is 0. The number of likely N-dealkylation sites (tertiary alicyclic amines) is 1. The first-order valence-electron chi connectivity index (χ1n) is 9.46. The summed E-state index contributed by atoms with van der Waals surface area (Å²) in [6, 6.07) is 13.0. The minimum absolute atomic E-state index is 0.390. The van der Waals surface area contributed by atoms with Crippen LogP contribution in [0.1, 0.15) is 42.1 Å². The Hall–Kier alpha value is -2.73. The summed E-state index contributed by atoms with van der Waals surface area (Å²) in [7, 11) is 1.71. The van der Waals surface area contributed by atoms with E-state index < -0.39 is 0 Å². The third kappa shape index (κ3) is 4.17. The maximum absolute atomic E-state index is 5.54. The molecule has 1 aliphatic heterocycles. The molecule has 0 bridgehead atoms. The highest BCUT2D eigenvalue weighted by atomic mass is 16.5. The van der Waals surface area contributed by atoms with Crippen molar-refractivity contribution in [3.8, 4) is 5.75 Å². The van der Waals surface area contributed by atoms with Gasteiger partial charge in [0, 0.05) is 18.3 Å². The normalized spacial score (nSPS) is 17.7. The summed E-state index contributed by atoms with van der Waals surface area (Å²) in [5.74, 6) is 0.883. The SMILES string of the molecule is COc1ccc(CN2CCCC[C@@H]2c2ccccn2)cc1Cn1cncn1. The van der Waals surface area contributed by atoms with Crippen LogP contribution in [0.5, 0.6) is 5.75 Å². The molecule has 0 N–H and O–H groups in total. The molecule has 4 rings (SSSR count). The lowest BCUT2D eigenvalue weighted by Crippen LogP contribution is -2.33. The Morgan fingerprint density at radius 3 is 2.89 bits per heavy atom. The zero-order valence-corrected chi connectivity index (χ0v) is 15.7. The summed E-state index contributed by atoms with van der Waals surface area (Å²) in [6.45, 7) is 2.67. The zero-order chi connectivity index (χ0) is 18.5. The number of rotatable bonds is 6. The van der Waals surface area contributed by atoms with Crippen molar-refractivity contribution in [1.82, 2.24) is 24.6 Å². The summed E-state index contributed by atoms with van der Waals surface area (Å²) in [5, 5.41) is 4.22. The summed E-state index contributed by atoms with van der Waals surface area (Å²) in [4.78, 5) is 11.2. The Morgan fingerprint density at radius 2 is 2.11 bits per heavy atom. The van der Waals surface area contributed by atoms with Gasteiger partial charge in [0.25, 0.3) is 0 Å². The fourth-order valence-electron chi connectivity index (χ4n) is 3.87. The highest BCUT2D eigenvalue weighted by Gasteiger charge is 2.25. The lowest BCUT2D eigenvalue weighted by atomic mass is 9.97. The molecule has 1 atom stereocenters. The van der Waals surface area contributed by atoms with Crippen molar-refractivity contribution < 1.29 is 4.74 Å². The van der Waals surface area contributed by atoms with Crippen LogP contribution in [-0.4, -0.2) is 38.3 Å². The van der Waals surface area contributed by atoms with Crippen molar-refractivity contribution in [3.05, 3.63) is 72.1 Å². The van der Waals surface area contributed by atoms with Gasteiger partial charge in [0.15, 0.2) is 0 Å². The molecule has 3 aromatic rings. The number of piperidine rings is 1. The first-order valence-corrected chi connectivity index (χ1v) is 9.46. The minimum Gasteiger partial charge on any atom is -0.496 e. The van der Waals surface area contributed by atoms with Crippen LogP contribution in [0.15, 0.2) is 55.2 Å². The van der Waals surface area contributed by atoms with E-state index in [2.05, 4.69) is 50.3 Å². The maximum Gasteiger partial charge on any atom is 0.137 e. The Morgan fingerprint density at radius 1 is 1.15 bits per heavy atom. The van der Waals surface area contributed by atoms with E-state index in [1.807, 2.05) is 16.9 Å². The van der Waals surface area contributed by atoms with Crippen molar-refractivity contribution in [2.75, 3.05) is 13.7 Å². The smallest absolute Gasteiger partial charge is 0.137 e. The van der Waals surface area contributed by atoms with Gasteiger partial charge in [-0.3, -0.25) is 9.88 Å². The minimum atomic E-state index is 0.390. The van der Waals surface area contributed by atoms with Crippen LogP contribution in [0.25, 0.3) is 0 Å². The van der Waals surface area contributed by atoms with Gasteiger partial charge in [0.1, 0.15) is 18.4 Å². The Kier molecular flexibility index (Phi) is 5.44. The van der Waals surface area contributed by atoms with Gasteiger partial charge in [-0.15, -0.1) is 0 Å². The predicted molar refractivity (Wildman–Crippen MR) is 103 cm³/mol. The molecule has 27 heavy (non-hydrogen) atoms. The number of aromatic nitrogens is 4. The van der Waals surface area contributed by atoms with Crippen LogP contribution in [0.2, 0.25) is 0 Å². The van der Waals surface area contributed by atoms with E-state index >= 15 is 0 Å². The van der Waals surface area contributed by atoms with Gasteiger partial charge in [-0.25, -0.2) is 9.67 Å². The molecule has 2 aromatic heterocycles. The van der Waals surface area contributed by atoms with Gasteiger partial charge in [-0.1, -0.05) is 18.6 Å². The molecule has 0 unspecified atom stereocenters. The van der Waals surface area contributed by atoms with Crippen LogP contribution in [0.4, 0.5) is 0 Å². The molecule has 0 spiro atoms. The van der Waals surface area contributed by atoms with Crippen LogP contribution in [0.3, 0.4) is 0 Å². The number of ether oxygens (including phenoxy) is 1. The van der Waals surface area contributed by atoms with E-state index in [0.29, 0.717) is 12.6 Å². The van der Waals surface area contributed by atoms with Crippen LogP contribution >= 0.6 is 0 Å². The van der Waals surface area contributed by atoms with Gasteiger partial charge in [0.2, 0.25) is 0 Å². The fourth-order valence-corrected chi connectivity index (χ4v) is 3.87. The molecule has 0 saturated carbocycles. The first kappa shape index (κ1) is 17.7. The number of methoxy groups -OCH3 is 1. The fraction of sp³-hybridized carbons (Fsp3) is 0.381. The number of benzene rings is 1. The van der Waals surface area contributed by atoms with E-state index in [1.165, 1.54) is 30.5 Å². The van der Waals surface area contributed by atoms with Crippen LogP contribution < -0.4 is 4.74 Å². The zero-order valence-electron chi connectivity index (χ0n) is 15.7. The van der Waals surface area contributed by atoms with Gasteiger partial charge in [0.05, 0.1) is 25.4 Å². The van der Waals surface area contributed by atoms with Gasteiger partial charge in [-0.2, -0.15) is 5.10 Å². The summed E-state index contributed by atoms with van der Waals surface area (Å²) in [6.07, 6.45) is 8.85. The standard InChI is InChI=1S/C21H25N5O/c1-27-21-9-8-17(12-18(21)14-26-16-22-15-24-26)13-25-11-5-3-7-20(25)19-6-2-4-10-23-19/h2,4,6,8-10,12,15-16,20H,3,5,7,11,13-14H2,1H3/t20-/m1/s1. The monoisotopic (exact) mass is 363 g/mol. The lowest BCUT2D eigenvalue weighted by molar-refractivity contribution is 0.137. The number of nitrogens with zero attached hydrogens (tertiary/aromatic N) is 5. The van der Waals surface area contributed by atoms with Crippen molar-refractivity contribution >= 4 is 0 Å². The molecule has 0 aliphatic carbocycles. The molecule has 140 valence electrons. The largest absolute Gasteiger partial charge is 0.496 e. The van der Waals surface area contributed by atoms with Crippen molar-refractivity contribution in [3.63, 3.8) is 0 Å². The maximum atomic E-state index is 5.54. The second-order valence-corrected chi connectivity index (χ2v) is 6.98. The van der Waals surface area contributed by atoms with Crippen LogP contribution in [-0.2, 0) is 13.1 Å².